The zero-order valence-electron chi connectivity index (χ0n) is 9.29. The van der Waals surface area contributed by atoms with E-state index in [1.54, 1.807) is 0 Å². The maximum absolute atomic E-state index is 3.41. The van der Waals surface area contributed by atoms with Crippen molar-refractivity contribution < 1.29 is 0 Å². The van der Waals surface area contributed by atoms with E-state index in [0.29, 0.717) is 0 Å². The molecule has 0 amide bonds. The van der Waals surface area contributed by atoms with Gasteiger partial charge in [0, 0.05) is 24.5 Å². The fraction of sp³-hybridized carbons (Fsp3) is 0.286. The smallest absolute Gasteiger partial charge is 0.0374 e. The van der Waals surface area contributed by atoms with Gasteiger partial charge in [0.25, 0.3) is 0 Å². The number of rotatable bonds is 2. The number of hydrogen-bond donors (Lipinski definition) is 2. The third-order valence-corrected chi connectivity index (χ3v) is 3.10. The van der Waals surface area contributed by atoms with Crippen LogP contribution < -0.4 is 10.6 Å². The van der Waals surface area contributed by atoms with Gasteiger partial charge in [0.1, 0.15) is 0 Å². The highest BCUT2D eigenvalue weighted by Crippen LogP contribution is 2.22. The van der Waals surface area contributed by atoms with E-state index in [0.717, 1.165) is 25.9 Å². The Morgan fingerprint density at radius 2 is 1.38 bits per heavy atom. The van der Waals surface area contributed by atoms with Gasteiger partial charge >= 0.3 is 0 Å². The van der Waals surface area contributed by atoms with Gasteiger partial charge in [-0.2, -0.15) is 0 Å². The van der Waals surface area contributed by atoms with Crippen molar-refractivity contribution in [3.8, 4) is 0 Å². The lowest BCUT2D eigenvalue weighted by Crippen LogP contribution is -2.08. The van der Waals surface area contributed by atoms with E-state index in [4.69, 9.17) is 0 Å². The van der Waals surface area contributed by atoms with Crippen molar-refractivity contribution >= 4 is 11.4 Å². The van der Waals surface area contributed by atoms with Crippen LogP contribution in [0.1, 0.15) is 24.0 Å². The van der Waals surface area contributed by atoms with E-state index in [2.05, 4.69) is 47.1 Å². The molecule has 2 nitrogen and oxygen atoms in total. The van der Waals surface area contributed by atoms with E-state index in [1.807, 2.05) is 0 Å². The first-order valence-corrected chi connectivity index (χ1v) is 5.92. The van der Waals surface area contributed by atoms with E-state index in [1.165, 1.54) is 22.5 Å². The second-order valence-electron chi connectivity index (χ2n) is 4.25. The fourth-order valence-corrected chi connectivity index (χ4v) is 2.29. The molecule has 2 heteroatoms. The van der Waals surface area contributed by atoms with Crippen LogP contribution in [0.3, 0.4) is 0 Å². The first kappa shape index (κ1) is 9.52. The summed E-state index contributed by atoms with van der Waals surface area (Å²) >= 11 is 0. The summed E-state index contributed by atoms with van der Waals surface area (Å²) in [5.41, 5.74) is 5.15. The average molecular weight is 212 g/mol. The summed E-state index contributed by atoms with van der Waals surface area (Å²) in [6.45, 7) is 2.14. The molecule has 0 radical (unpaired) electrons. The van der Waals surface area contributed by atoms with E-state index in [9.17, 15) is 0 Å². The third kappa shape index (κ3) is 1.71. The Balaban J connectivity index is 1.93. The summed E-state index contributed by atoms with van der Waals surface area (Å²) in [5, 5.41) is 6.82. The average Bonchev–Trinajstić information content (AvgIpc) is 3.03. The molecule has 16 heavy (non-hydrogen) atoms. The van der Waals surface area contributed by atoms with Gasteiger partial charge < -0.3 is 10.6 Å². The van der Waals surface area contributed by atoms with Crippen LogP contribution in [0.25, 0.3) is 11.4 Å². The number of hydrogen-bond acceptors (Lipinski definition) is 2. The molecule has 0 saturated carbocycles. The molecule has 0 aliphatic carbocycles. The van der Waals surface area contributed by atoms with Gasteiger partial charge in [-0.25, -0.2) is 0 Å². The Bertz CT molecular complexity index is 418. The van der Waals surface area contributed by atoms with Crippen molar-refractivity contribution in [2.45, 2.75) is 12.8 Å². The highest BCUT2D eigenvalue weighted by molar-refractivity contribution is 5.72. The van der Waals surface area contributed by atoms with Crippen molar-refractivity contribution in [2.24, 2.45) is 0 Å². The standard InChI is InChI=1S/C14H16N2/c1-4-11(13-6-2-8-15-13)10-12(5-1)14-7-3-9-16-14/h1,4-7,10,15-16H,2-3,8-9H2. The molecular formula is C14H16N2. The molecule has 1 aromatic carbocycles. The third-order valence-electron chi connectivity index (χ3n) is 3.10. The fourth-order valence-electron chi connectivity index (χ4n) is 2.29. The molecule has 2 aliphatic heterocycles. The Morgan fingerprint density at radius 3 is 1.81 bits per heavy atom. The zero-order chi connectivity index (χ0) is 10.8. The molecule has 0 saturated heterocycles. The van der Waals surface area contributed by atoms with Crippen LogP contribution in [-0.4, -0.2) is 13.1 Å². The van der Waals surface area contributed by atoms with Crippen LogP contribution in [0.4, 0.5) is 0 Å². The quantitative estimate of drug-likeness (QED) is 0.786. The molecule has 1 aromatic rings. The minimum Gasteiger partial charge on any atom is -0.385 e. The minimum absolute atomic E-state index is 1.07. The number of benzene rings is 1. The second kappa shape index (κ2) is 4.05. The lowest BCUT2D eigenvalue weighted by molar-refractivity contribution is 0.925. The van der Waals surface area contributed by atoms with E-state index in [-0.39, 0.29) is 0 Å². The Morgan fingerprint density at radius 1 is 0.812 bits per heavy atom. The predicted octanol–water partition coefficient (Wildman–Crippen LogP) is 2.36. The second-order valence-corrected chi connectivity index (χ2v) is 4.25. The summed E-state index contributed by atoms with van der Waals surface area (Å²) in [4.78, 5) is 0. The van der Waals surface area contributed by atoms with Gasteiger partial charge in [0.15, 0.2) is 0 Å². The van der Waals surface area contributed by atoms with Crippen LogP contribution in [-0.2, 0) is 0 Å². The SMILES string of the molecule is C1=C(c2cccc(C3=CCCN3)c2)NCC1. The molecule has 0 spiro atoms. The van der Waals surface area contributed by atoms with E-state index < -0.39 is 0 Å². The van der Waals surface area contributed by atoms with Crippen LogP contribution in [0.2, 0.25) is 0 Å². The van der Waals surface area contributed by atoms with Gasteiger partial charge in [-0.15, -0.1) is 0 Å². The van der Waals surface area contributed by atoms with Crippen molar-refractivity contribution in [2.75, 3.05) is 13.1 Å². The van der Waals surface area contributed by atoms with Gasteiger partial charge in [-0.05, 0) is 30.0 Å². The highest BCUT2D eigenvalue weighted by atomic mass is 14.9. The Hall–Kier alpha value is -1.70. The normalized spacial score (nSPS) is 18.8. The predicted molar refractivity (Wildman–Crippen MR) is 67.6 cm³/mol. The lowest BCUT2D eigenvalue weighted by Gasteiger charge is -2.08. The summed E-state index contributed by atoms with van der Waals surface area (Å²) in [6, 6.07) is 8.73. The molecule has 0 atom stereocenters. The summed E-state index contributed by atoms with van der Waals surface area (Å²) in [7, 11) is 0. The largest absolute Gasteiger partial charge is 0.385 e. The molecule has 0 aromatic heterocycles. The molecular weight excluding hydrogens is 196 g/mol. The maximum atomic E-state index is 3.41. The highest BCUT2D eigenvalue weighted by Gasteiger charge is 2.09. The summed E-state index contributed by atoms with van der Waals surface area (Å²) < 4.78 is 0. The van der Waals surface area contributed by atoms with E-state index >= 15 is 0 Å². The molecule has 0 unspecified atom stereocenters. The molecule has 0 bridgehead atoms. The Labute approximate surface area is 96.1 Å². The van der Waals surface area contributed by atoms with Crippen LogP contribution in [0.5, 0.6) is 0 Å². The van der Waals surface area contributed by atoms with Crippen molar-refractivity contribution in [1.82, 2.24) is 10.6 Å². The summed E-state index contributed by atoms with van der Waals surface area (Å²) in [6.07, 6.45) is 6.83. The van der Waals surface area contributed by atoms with Gasteiger partial charge in [-0.3, -0.25) is 0 Å². The van der Waals surface area contributed by atoms with Crippen molar-refractivity contribution in [1.29, 1.82) is 0 Å². The minimum atomic E-state index is 1.07. The lowest BCUT2D eigenvalue weighted by atomic mass is 10.1. The monoisotopic (exact) mass is 212 g/mol. The first-order chi connectivity index (χ1) is 7.93. The van der Waals surface area contributed by atoms with Crippen LogP contribution in [0, 0.1) is 0 Å². The molecule has 82 valence electrons. The van der Waals surface area contributed by atoms with Crippen molar-refractivity contribution in [3.63, 3.8) is 0 Å². The van der Waals surface area contributed by atoms with Crippen molar-refractivity contribution in [3.05, 3.63) is 47.5 Å². The number of nitrogens with one attached hydrogen (secondary N) is 2. The van der Waals surface area contributed by atoms with Crippen LogP contribution in [0.15, 0.2) is 36.4 Å². The molecule has 2 heterocycles. The maximum Gasteiger partial charge on any atom is 0.0374 e. The zero-order valence-corrected chi connectivity index (χ0v) is 9.29. The topological polar surface area (TPSA) is 24.1 Å². The first-order valence-electron chi connectivity index (χ1n) is 5.92. The van der Waals surface area contributed by atoms with Gasteiger partial charge in [0.2, 0.25) is 0 Å². The van der Waals surface area contributed by atoms with Gasteiger partial charge in [-0.1, -0.05) is 30.4 Å². The van der Waals surface area contributed by atoms with Crippen LogP contribution >= 0.6 is 0 Å². The van der Waals surface area contributed by atoms with Gasteiger partial charge in [0.05, 0.1) is 0 Å². The molecule has 2 N–H and O–H groups in total. The Kier molecular flexibility index (Phi) is 2.41. The summed E-state index contributed by atoms with van der Waals surface area (Å²) in [5.74, 6) is 0. The molecule has 3 rings (SSSR count). The molecule has 2 aliphatic rings. The molecule has 0 fully saturated rings.